The Hall–Kier alpha value is -3.12. The highest BCUT2D eigenvalue weighted by atomic mass is 32.2. The molecule has 0 saturated carbocycles. The first-order valence-electron chi connectivity index (χ1n) is 8.36. The molecule has 12 heteroatoms. The zero-order chi connectivity index (χ0) is 21.4. The molecule has 0 radical (unpaired) electrons. The molecule has 11 nitrogen and oxygen atoms in total. The molecule has 0 aliphatic rings. The van der Waals surface area contributed by atoms with Crippen molar-refractivity contribution in [2.75, 3.05) is 27.4 Å². The van der Waals surface area contributed by atoms with Gasteiger partial charge in [0.1, 0.15) is 11.4 Å². The number of carbonyl (C=O) groups is 2. The first kappa shape index (κ1) is 22.2. The van der Waals surface area contributed by atoms with Crippen LogP contribution in [-0.2, 0) is 37.9 Å². The summed E-state index contributed by atoms with van der Waals surface area (Å²) < 4.78 is 42.4. The summed E-state index contributed by atoms with van der Waals surface area (Å²) in [6.45, 7) is -0.967. The van der Waals surface area contributed by atoms with E-state index in [0.717, 1.165) is 11.8 Å². The number of hydrogen-bond acceptors (Lipinski definition) is 8. The Morgan fingerprint density at radius 2 is 1.90 bits per heavy atom. The third-order valence-electron chi connectivity index (χ3n) is 3.70. The standard InChI is InChI=1S/C17H22N4O7S/c1-21-10-13(8-19-21)29(24,25)20-9-17(23)28-11-16(22)18-7-12-4-5-14(26-2)15(6-12)27-3/h4-6,8,10,20H,7,9,11H2,1-3H3,(H,18,22). The van der Waals surface area contributed by atoms with Crippen molar-refractivity contribution in [2.24, 2.45) is 7.05 Å². The van der Waals surface area contributed by atoms with Crippen LogP contribution in [0.5, 0.6) is 11.5 Å². The number of sulfonamides is 1. The molecule has 0 saturated heterocycles. The molecule has 2 aromatic rings. The van der Waals surface area contributed by atoms with Gasteiger partial charge in [0.15, 0.2) is 18.1 Å². The fourth-order valence-corrected chi connectivity index (χ4v) is 3.17. The minimum absolute atomic E-state index is 0.0829. The molecule has 1 aromatic carbocycles. The van der Waals surface area contributed by atoms with Gasteiger partial charge in [-0.25, -0.2) is 8.42 Å². The number of nitrogens with one attached hydrogen (secondary N) is 2. The Labute approximate surface area is 168 Å². The maximum atomic E-state index is 12.0. The van der Waals surface area contributed by atoms with Crippen molar-refractivity contribution in [2.45, 2.75) is 11.4 Å². The maximum absolute atomic E-state index is 12.0. The third-order valence-corrected chi connectivity index (χ3v) is 5.06. The number of esters is 1. The summed E-state index contributed by atoms with van der Waals surface area (Å²) >= 11 is 0. The molecule has 0 aliphatic carbocycles. The van der Waals surface area contributed by atoms with E-state index in [-0.39, 0.29) is 11.4 Å². The molecule has 1 amide bonds. The number of carbonyl (C=O) groups excluding carboxylic acids is 2. The van der Waals surface area contributed by atoms with E-state index >= 15 is 0 Å². The number of nitrogens with zero attached hydrogens (tertiary/aromatic N) is 2. The average Bonchev–Trinajstić information content (AvgIpc) is 3.16. The SMILES string of the molecule is COc1ccc(CNC(=O)COC(=O)CNS(=O)(=O)c2cnn(C)c2)cc1OC. The third kappa shape index (κ3) is 6.47. The van der Waals surface area contributed by atoms with Gasteiger partial charge in [0.05, 0.1) is 20.4 Å². The van der Waals surface area contributed by atoms with Crippen LogP contribution in [0, 0.1) is 0 Å². The molecule has 0 fully saturated rings. The smallest absolute Gasteiger partial charge is 0.321 e. The fraction of sp³-hybridized carbons (Fsp3) is 0.353. The quantitative estimate of drug-likeness (QED) is 0.489. The molecule has 0 aliphatic heterocycles. The highest BCUT2D eigenvalue weighted by molar-refractivity contribution is 7.89. The predicted molar refractivity (Wildman–Crippen MR) is 101 cm³/mol. The van der Waals surface area contributed by atoms with Gasteiger partial charge in [0.25, 0.3) is 5.91 Å². The van der Waals surface area contributed by atoms with E-state index in [4.69, 9.17) is 14.2 Å². The summed E-state index contributed by atoms with van der Waals surface area (Å²) in [6.07, 6.45) is 2.44. The first-order chi connectivity index (χ1) is 13.7. The maximum Gasteiger partial charge on any atom is 0.321 e. The monoisotopic (exact) mass is 426 g/mol. The van der Waals surface area contributed by atoms with Crippen LogP contribution in [-0.4, -0.2) is 57.4 Å². The Kier molecular flexibility index (Phi) is 7.56. The molecule has 158 valence electrons. The van der Waals surface area contributed by atoms with Crippen LogP contribution in [0.3, 0.4) is 0 Å². The summed E-state index contributed by atoms with van der Waals surface area (Å²) in [5.74, 6) is -0.348. The highest BCUT2D eigenvalue weighted by Crippen LogP contribution is 2.27. The van der Waals surface area contributed by atoms with E-state index in [1.54, 1.807) is 25.2 Å². The van der Waals surface area contributed by atoms with Crippen LogP contribution in [0.4, 0.5) is 0 Å². The van der Waals surface area contributed by atoms with Crippen LogP contribution in [0.15, 0.2) is 35.5 Å². The number of benzene rings is 1. The number of rotatable bonds is 10. The Bertz CT molecular complexity index is 972. The second-order valence-corrected chi connectivity index (χ2v) is 7.57. The summed E-state index contributed by atoms with van der Waals surface area (Å²) in [4.78, 5) is 23.4. The van der Waals surface area contributed by atoms with Crippen LogP contribution >= 0.6 is 0 Å². The number of amides is 1. The van der Waals surface area contributed by atoms with Crippen LogP contribution in [0.2, 0.25) is 0 Å². The van der Waals surface area contributed by atoms with Crippen molar-refractivity contribution < 1.29 is 32.2 Å². The van der Waals surface area contributed by atoms with E-state index in [1.807, 2.05) is 0 Å². The van der Waals surface area contributed by atoms with Gasteiger partial charge in [0.2, 0.25) is 10.0 Å². The van der Waals surface area contributed by atoms with Crippen molar-refractivity contribution in [3.05, 3.63) is 36.2 Å². The molecule has 0 spiro atoms. The highest BCUT2D eigenvalue weighted by Gasteiger charge is 2.18. The molecule has 0 bridgehead atoms. The minimum Gasteiger partial charge on any atom is -0.493 e. The van der Waals surface area contributed by atoms with Crippen molar-refractivity contribution in [1.82, 2.24) is 19.8 Å². The first-order valence-corrected chi connectivity index (χ1v) is 9.85. The zero-order valence-corrected chi connectivity index (χ0v) is 17.0. The van der Waals surface area contributed by atoms with Crippen molar-refractivity contribution >= 4 is 21.9 Å². The van der Waals surface area contributed by atoms with E-state index in [1.165, 1.54) is 25.1 Å². The van der Waals surface area contributed by atoms with Crippen LogP contribution in [0.25, 0.3) is 0 Å². The largest absolute Gasteiger partial charge is 0.493 e. The Balaban J connectivity index is 1.75. The second kappa shape index (κ2) is 9.89. The van der Waals surface area contributed by atoms with Gasteiger partial charge < -0.3 is 19.5 Å². The summed E-state index contributed by atoms with van der Waals surface area (Å²) in [6, 6.07) is 5.16. The topological polar surface area (TPSA) is 138 Å². The molecule has 29 heavy (non-hydrogen) atoms. The van der Waals surface area contributed by atoms with E-state index < -0.39 is 35.1 Å². The number of aryl methyl sites for hydroxylation is 1. The van der Waals surface area contributed by atoms with Gasteiger partial charge in [-0.3, -0.25) is 14.3 Å². The van der Waals surface area contributed by atoms with Gasteiger partial charge in [-0.05, 0) is 17.7 Å². The molecule has 0 atom stereocenters. The lowest BCUT2D eigenvalue weighted by Crippen LogP contribution is -2.33. The average molecular weight is 426 g/mol. The lowest BCUT2D eigenvalue weighted by atomic mass is 10.2. The summed E-state index contributed by atoms with van der Waals surface area (Å²) in [5, 5.41) is 6.33. The van der Waals surface area contributed by atoms with Gasteiger partial charge in [0, 0.05) is 19.8 Å². The van der Waals surface area contributed by atoms with Crippen molar-refractivity contribution in [1.29, 1.82) is 0 Å². The Morgan fingerprint density at radius 3 is 2.52 bits per heavy atom. The summed E-state index contributed by atoms with van der Waals surface area (Å²) in [5.41, 5.74) is 0.756. The van der Waals surface area contributed by atoms with Gasteiger partial charge >= 0.3 is 5.97 Å². The lowest BCUT2D eigenvalue weighted by Gasteiger charge is -2.10. The fourth-order valence-electron chi connectivity index (χ4n) is 2.21. The molecule has 0 unspecified atom stereocenters. The normalized spacial score (nSPS) is 11.0. The van der Waals surface area contributed by atoms with Gasteiger partial charge in [-0.15, -0.1) is 0 Å². The lowest BCUT2D eigenvalue weighted by molar-refractivity contribution is -0.147. The molecule has 1 aromatic heterocycles. The van der Waals surface area contributed by atoms with Crippen LogP contribution in [0.1, 0.15) is 5.56 Å². The Morgan fingerprint density at radius 1 is 1.17 bits per heavy atom. The van der Waals surface area contributed by atoms with Gasteiger partial charge in [-0.1, -0.05) is 6.07 Å². The minimum atomic E-state index is -3.89. The summed E-state index contributed by atoms with van der Waals surface area (Å²) in [7, 11) is 0.695. The van der Waals surface area contributed by atoms with E-state index in [2.05, 4.69) is 15.1 Å². The molecular formula is C17H22N4O7S. The zero-order valence-electron chi connectivity index (χ0n) is 16.2. The molecule has 2 rings (SSSR count). The predicted octanol–water partition coefficient (Wildman–Crippen LogP) is -0.425. The van der Waals surface area contributed by atoms with E-state index in [0.29, 0.717) is 11.5 Å². The number of ether oxygens (including phenoxy) is 3. The number of hydrogen-bond donors (Lipinski definition) is 2. The van der Waals surface area contributed by atoms with Crippen molar-refractivity contribution in [3.8, 4) is 11.5 Å². The second-order valence-electron chi connectivity index (χ2n) is 5.80. The van der Waals surface area contributed by atoms with Crippen molar-refractivity contribution in [3.63, 3.8) is 0 Å². The van der Waals surface area contributed by atoms with E-state index in [9.17, 15) is 18.0 Å². The molecule has 1 heterocycles. The van der Waals surface area contributed by atoms with Gasteiger partial charge in [-0.2, -0.15) is 9.82 Å². The van der Waals surface area contributed by atoms with Crippen LogP contribution < -0.4 is 19.5 Å². The molecule has 2 N–H and O–H groups in total. The number of methoxy groups -OCH3 is 2. The number of aromatic nitrogens is 2. The molecular weight excluding hydrogens is 404 g/mol.